The summed E-state index contributed by atoms with van der Waals surface area (Å²) in [5.41, 5.74) is 2.72. The molecule has 0 aromatic heterocycles. The molecular weight excluding hydrogens is 268 g/mol. The van der Waals surface area contributed by atoms with Gasteiger partial charge in [0.05, 0.1) is 13.7 Å². The third kappa shape index (κ3) is 2.12. The number of amidine groups is 1. The number of carbonyl (C=O) groups excluding carboxylic acids is 1. The van der Waals surface area contributed by atoms with E-state index in [0.29, 0.717) is 18.1 Å². The smallest absolute Gasteiger partial charge is 0.341 e. The zero-order valence-corrected chi connectivity index (χ0v) is 11.5. The summed E-state index contributed by atoms with van der Waals surface area (Å²) in [5, 5.41) is 18.0. The van der Waals surface area contributed by atoms with Crippen LogP contribution < -0.4 is 4.90 Å². The van der Waals surface area contributed by atoms with E-state index in [4.69, 9.17) is 5.41 Å². The van der Waals surface area contributed by atoms with Gasteiger partial charge in [-0.3, -0.25) is 5.41 Å². The Morgan fingerprint density at radius 1 is 1.29 bits per heavy atom. The van der Waals surface area contributed by atoms with E-state index in [1.54, 1.807) is 17.0 Å². The van der Waals surface area contributed by atoms with Gasteiger partial charge in [0.1, 0.15) is 17.1 Å². The summed E-state index contributed by atoms with van der Waals surface area (Å²) < 4.78 is 4.65. The predicted molar refractivity (Wildman–Crippen MR) is 78.9 cm³/mol. The fourth-order valence-electron chi connectivity index (χ4n) is 2.47. The van der Waals surface area contributed by atoms with Crippen LogP contribution in [0.25, 0.3) is 0 Å². The SMILES string of the molecule is COC(=O)c1cc(N2Cc3ccccc3C2=N)ccc1O. The van der Waals surface area contributed by atoms with Gasteiger partial charge in [-0.25, -0.2) is 4.79 Å². The summed E-state index contributed by atoms with van der Waals surface area (Å²) in [6.07, 6.45) is 0. The van der Waals surface area contributed by atoms with Crippen LogP contribution in [0.4, 0.5) is 5.69 Å². The van der Waals surface area contributed by atoms with Crippen molar-refractivity contribution in [2.24, 2.45) is 0 Å². The number of benzene rings is 2. The standard InChI is InChI=1S/C16H14N2O3/c1-21-16(20)13-8-11(6-7-14(13)19)18-9-10-4-2-3-5-12(10)15(18)17/h2-8,17,19H,9H2,1H3. The third-order valence-corrected chi connectivity index (χ3v) is 3.57. The minimum Gasteiger partial charge on any atom is -0.507 e. The van der Waals surface area contributed by atoms with Crippen LogP contribution in [0.3, 0.4) is 0 Å². The molecule has 0 fully saturated rings. The van der Waals surface area contributed by atoms with Crippen LogP contribution in [0.5, 0.6) is 5.75 Å². The number of methoxy groups -OCH3 is 1. The van der Waals surface area contributed by atoms with Crippen LogP contribution in [-0.2, 0) is 11.3 Å². The molecule has 2 aromatic carbocycles. The number of phenols is 1. The van der Waals surface area contributed by atoms with Gasteiger partial charge in [-0.05, 0) is 23.8 Å². The normalized spacial score (nSPS) is 13.2. The summed E-state index contributed by atoms with van der Waals surface area (Å²) in [4.78, 5) is 13.4. The lowest BCUT2D eigenvalue weighted by Crippen LogP contribution is -2.23. The molecule has 21 heavy (non-hydrogen) atoms. The van der Waals surface area contributed by atoms with Crippen molar-refractivity contribution >= 4 is 17.5 Å². The summed E-state index contributed by atoms with van der Waals surface area (Å²) in [5.74, 6) is -0.349. The quantitative estimate of drug-likeness (QED) is 0.830. The Balaban J connectivity index is 2.00. The Kier molecular flexibility index (Phi) is 3.10. The number of carbonyl (C=O) groups is 1. The van der Waals surface area contributed by atoms with Gasteiger partial charge in [0.2, 0.25) is 0 Å². The zero-order valence-electron chi connectivity index (χ0n) is 11.5. The first-order valence-electron chi connectivity index (χ1n) is 6.47. The number of fused-ring (bicyclic) bond motifs is 1. The number of ether oxygens (including phenoxy) is 1. The highest BCUT2D eigenvalue weighted by molar-refractivity contribution is 6.12. The zero-order chi connectivity index (χ0) is 15.0. The van der Waals surface area contributed by atoms with Gasteiger partial charge in [0.15, 0.2) is 0 Å². The summed E-state index contributed by atoms with van der Waals surface area (Å²) in [6.45, 7) is 0.570. The highest BCUT2D eigenvalue weighted by Gasteiger charge is 2.26. The molecule has 0 bridgehead atoms. The van der Waals surface area contributed by atoms with E-state index in [-0.39, 0.29) is 11.3 Å². The molecule has 0 saturated heterocycles. The molecule has 106 valence electrons. The van der Waals surface area contributed by atoms with Crippen LogP contribution in [0.1, 0.15) is 21.5 Å². The Hall–Kier alpha value is -2.82. The lowest BCUT2D eigenvalue weighted by Gasteiger charge is -2.19. The number of rotatable bonds is 2. The molecule has 1 heterocycles. The maximum Gasteiger partial charge on any atom is 0.341 e. The highest BCUT2D eigenvalue weighted by Crippen LogP contribution is 2.31. The van der Waals surface area contributed by atoms with Crippen molar-refractivity contribution in [2.75, 3.05) is 12.0 Å². The second-order valence-electron chi connectivity index (χ2n) is 4.78. The van der Waals surface area contributed by atoms with Gasteiger partial charge in [0.25, 0.3) is 0 Å². The number of nitrogens with zero attached hydrogens (tertiary/aromatic N) is 1. The van der Waals surface area contributed by atoms with E-state index < -0.39 is 5.97 Å². The van der Waals surface area contributed by atoms with Crippen molar-refractivity contribution in [1.29, 1.82) is 5.41 Å². The monoisotopic (exact) mass is 282 g/mol. The van der Waals surface area contributed by atoms with Crippen LogP contribution in [-0.4, -0.2) is 24.0 Å². The van der Waals surface area contributed by atoms with Crippen LogP contribution in [0.2, 0.25) is 0 Å². The number of aromatic hydroxyl groups is 1. The van der Waals surface area contributed by atoms with Crippen molar-refractivity contribution < 1.29 is 14.6 Å². The van der Waals surface area contributed by atoms with Crippen LogP contribution in [0, 0.1) is 5.41 Å². The lowest BCUT2D eigenvalue weighted by molar-refractivity contribution is 0.0597. The molecule has 1 aliphatic heterocycles. The van der Waals surface area contributed by atoms with Crippen molar-refractivity contribution in [1.82, 2.24) is 0 Å². The van der Waals surface area contributed by atoms with Gasteiger partial charge >= 0.3 is 5.97 Å². The van der Waals surface area contributed by atoms with Gasteiger partial charge < -0.3 is 14.7 Å². The van der Waals surface area contributed by atoms with Crippen molar-refractivity contribution in [3.05, 3.63) is 59.2 Å². The van der Waals surface area contributed by atoms with Crippen molar-refractivity contribution in [2.45, 2.75) is 6.54 Å². The number of nitrogens with one attached hydrogen (secondary N) is 1. The lowest BCUT2D eigenvalue weighted by atomic mass is 10.1. The molecule has 5 heteroatoms. The molecule has 0 amide bonds. The Morgan fingerprint density at radius 3 is 2.76 bits per heavy atom. The average molecular weight is 282 g/mol. The molecule has 0 unspecified atom stereocenters. The van der Waals surface area contributed by atoms with Crippen molar-refractivity contribution in [3.8, 4) is 5.75 Å². The number of hydrogen-bond acceptors (Lipinski definition) is 4. The molecule has 3 rings (SSSR count). The topological polar surface area (TPSA) is 73.6 Å². The fourth-order valence-corrected chi connectivity index (χ4v) is 2.47. The minimum atomic E-state index is -0.599. The molecule has 0 radical (unpaired) electrons. The summed E-state index contributed by atoms with van der Waals surface area (Å²) in [6, 6.07) is 12.4. The second kappa shape index (κ2) is 4.94. The van der Waals surface area contributed by atoms with Gasteiger partial charge in [-0.15, -0.1) is 0 Å². The molecule has 2 aromatic rings. The Bertz CT molecular complexity index is 740. The predicted octanol–water partition coefficient (Wildman–Crippen LogP) is 2.52. The third-order valence-electron chi connectivity index (χ3n) is 3.57. The summed E-state index contributed by atoms with van der Waals surface area (Å²) in [7, 11) is 1.27. The maximum absolute atomic E-state index is 11.6. The Morgan fingerprint density at radius 2 is 2.05 bits per heavy atom. The molecular formula is C16H14N2O3. The van der Waals surface area contributed by atoms with Gasteiger partial charge in [-0.1, -0.05) is 24.3 Å². The number of phenolic OH excluding ortho intramolecular Hbond substituents is 1. The largest absolute Gasteiger partial charge is 0.507 e. The molecule has 0 spiro atoms. The van der Waals surface area contributed by atoms with Crippen LogP contribution in [0.15, 0.2) is 42.5 Å². The van der Waals surface area contributed by atoms with E-state index in [0.717, 1.165) is 11.1 Å². The first kappa shape index (κ1) is 13.2. The molecule has 0 saturated carbocycles. The molecule has 2 N–H and O–H groups in total. The Labute approximate surface area is 121 Å². The first-order valence-corrected chi connectivity index (χ1v) is 6.47. The van der Waals surface area contributed by atoms with Crippen molar-refractivity contribution in [3.63, 3.8) is 0 Å². The number of hydrogen-bond donors (Lipinski definition) is 2. The van der Waals surface area contributed by atoms with E-state index in [1.807, 2.05) is 24.3 Å². The van der Waals surface area contributed by atoms with E-state index in [1.165, 1.54) is 13.2 Å². The van der Waals surface area contributed by atoms with Gasteiger partial charge in [0, 0.05) is 11.3 Å². The average Bonchev–Trinajstić information content (AvgIpc) is 2.85. The molecule has 0 aliphatic carbocycles. The van der Waals surface area contributed by atoms with E-state index in [2.05, 4.69) is 4.74 Å². The number of esters is 1. The molecule has 1 aliphatic rings. The highest BCUT2D eigenvalue weighted by atomic mass is 16.5. The van der Waals surface area contributed by atoms with E-state index >= 15 is 0 Å². The van der Waals surface area contributed by atoms with Crippen LogP contribution >= 0.6 is 0 Å². The molecule has 0 atom stereocenters. The minimum absolute atomic E-state index is 0.0961. The maximum atomic E-state index is 11.6. The first-order chi connectivity index (χ1) is 10.1. The van der Waals surface area contributed by atoms with Gasteiger partial charge in [-0.2, -0.15) is 0 Å². The molecule has 5 nitrogen and oxygen atoms in total. The fraction of sp³-hybridized carbons (Fsp3) is 0.125. The van der Waals surface area contributed by atoms with E-state index in [9.17, 15) is 9.90 Å². The number of anilines is 1. The second-order valence-corrected chi connectivity index (χ2v) is 4.78. The summed E-state index contributed by atoms with van der Waals surface area (Å²) >= 11 is 0.